The van der Waals surface area contributed by atoms with E-state index >= 15 is 0 Å². The van der Waals surface area contributed by atoms with Crippen molar-refractivity contribution in [2.45, 2.75) is 12.8 Å². The van der Waals surface area contributed by atoms with Gasteiger partial charge in [-0.05, 0) is 32.1 Å². The Labute approximate surface area is 101 Å². The predicted octanol–water partition coefficient (Wildman–Crippen LogP) is 2.33. The highest BCUT2D eigenvalue weighted by Gasteiger charge is 2.05. The molecule has 1 heterocycles. The van der Waals surface area contributed by atoms with E-state index in [9.17, 15) is 0 Å². The van der Waals surface area contributed by atoms with Crippen molar-refractivity contribution in [2.75, 3.05) is 20.1 Å². The third kappa shape index (κ3) is 3.08. The first-order valence-corrected chi connectivity index (χ1v) is 5.76. The largest absolute Gasteiger partial charge is 0.441 e. The number of hydrogen-bond acceptors (Lipinski definition) is 3. The van der Waals surface area contributed by atoms with Crippen LogP contribution in [0.5, 0.6) is 0 Å². The van der Waals surface area contributed by atoms with Gasteiger partial charge >= 0.3 is 0 Å². The zero-order chi connectivity index (χ0) is 12.1. The highest BCUT2D eigenvalue weighted by Crippen LogP contribution is 2.15. The molecule has 2 aromatic rings. The SMILES string of the molecule is C#CCN(C)CCCc1nc2ccccc2o1. The van der Waals surface area contributed by atoms with Crippen molar-refractivity contribution < 1.29 is 4.42 Å². The van der Waals surface area contributed by atoms with Crippen molar-refractivity contribution >= 4 is 11.1 Å². The van der Waals surface area contributed by atoms with E-state index in [0.717, 1.165) is 36.4 Å². The van der Waals surface area contributed by atoms with Gasteiger partial charge in [-0.15, -0.1) is 6.42 Å². The molecule has 0 N–H and O–H groups in total. The third-order valence-corrected chi connectivity index (χ3v) is 2.63. The van der Waals surface area contributed by atoms with Gasteiger partial charge in [0.1, 0.15) is 5.52 Å². The molecule has 2 rings (SSSR count). The van der Waals surface area contributed by atoms with E-state index in [-0.39, 0.29) is 0 Å². The van der Waals surface area contributed by atoms with Crippen LogP contribution >= 0.6 is 0 Å². The van der Waals surface area contributed by atoms with Crippen molar-refractivity contribution in [1.29, 1.82) is 0 Å². The second-order valence-corrected chi connectivity index (χ2v) is 4.12. The van der Waals surface area contributed by atoms with Crippen LogP contribution in [-0.4, -0.2) is 30.0 Å². The smallest absolute Gasteiger partial charge is 0.195 e. The number of nitrogens with zero attached hydrogens (tertiary/aromatic N) is 2. The molecular formula is C14H16N2O. The molecule has 0 radical (unpaired) electrons. The van der Waals surface area contributed by atoms with Gasteiger partial charge in [-0.2, -0.15) is 0 Å². The monoisotopic (exact) mass is 228 g/mol. The lowest BCUT2D eigenvalue weighted by molar-refractivity contribution is 0.362. The van der Waals surface area contributed by atoms with Gasteiger partial charge in [0.25, 0.3) is 0 Å². The second kappa shape index (κ2) is 5.51. The maximum Gasteiger partial charge on any atom is 0.195 e. The van der Waals surface area contributed by atoms with Crippen molar-refractivity contribution in [3.63, 3.8) is 0 Å². The summed E-state index contributed by atoms with van der Waals surface area (Å²) < 4.78 is 5.64. The number of oxazole rings is 1. The highest BCUT2D eigenvalue weighted by atomic mass is 16.3. The summed E-state index contributed by atoms with van der Waals surface area (Å²) in [5, 5.41) is 0. The van der Waals surface area contributed by atoms with E-state index in [1.54, 1.807) is 0 Å². The minimum absolute atomic E-state index is 0.688. The maximum atomic E-state index is 5.64. The lowest BCUT2D eigenvalue weighted by Gasteiger charge is -2.11. The van der Waals surface area contributed by atoms with Gasteiger partial charge < -0.3 is 4.42 Å². The van der Waals surface area contributed by atoms with Crippen LogP contribution in [0.4, 0.5) is 0 Å². The summed E-state index contributed by atoms with van der Waals surface area (Å²) in [6, 6.07) is 7.83. The molecule has 0 bridgehead atoms. The van der Waals surface area contributed by atoms with E-state index in [1.165, 1.54) is 0 Å². The fraction of sp³-hybridized carbons (Fsp3) is 0.357. The normalized spacial score (nSPS) is 10.9. The molecule has 0 unspecified atom stereocenters. The van der Waals surface area contributed by atoms with Crippen LogP contribution in [0.15, 0.2) is 28.7 Å². The van der Waals surface area contributed by atoms with Gasteiger partial charge in [-0.3, -0.25) is 4.90 Å². The van der Waals surface area contributed by atoms with E-state index in [1.807, 2.05) is 31.3 Å². The first-order chi connectivity index (χ1) is 8.29. The summed E-state index contributed by atoms with van der Waals surface area (Å²) >= 11 is 0. The van der Waals surface area contributed by atoms with Crippen molar-refractivity contribution in [3.05, 3.63) is 30.2 Å². The first kappa shape index (κ1) is 11.7. The number of rotatable bonds is 5. The fourth-order valence-corrected chi connectivity index (χ4v) is 1.76. The Balaban J connectivity index is 1.89. The zero-order valence-corrected chi connectivity index (χ0v) is 10.0. The Hall–Kier alpha value is -1.79. The van der Waals surface area contributed by atoms with Gasteiger partial charge in [0.2, 0.25) is 0 Å². The van der Waals surface area contributed by atoms with Gasteiger partial charge in [-0.1, -0.05) is 18.1 Å². The van der Waals surface area contributed by atoms with Gasteiger partial charge in [-0.25, -0.2) is 4.98 Å². The van der Waals surface area contributed by atoms with E-state index in [0.29, 0.717) is 6.54 Å². The molecule has 0 aliphatic heterocycles. The van der Waals surface area contributed by atoms with Crippen LogP contribution in [0.1, 0.15) is 12.3 Å². The Morgan fingerprint density at radius 2 is 2.24 bits per heavy atom. The number of para-hydroxylation sites is 2. The van der Waals surface area contributed by atoms with Gasteiger partial charge in [0.15, 0.2) is 11.5 Å². The molecule has 3 nitrogen and oxygen atoms in total. The summed E-state index contributed by atoms with van der Waals surface area (Å²) in [6.45, 7) is 1.65. The molecule has 1 aromatic carbocycles. The molecule has 0 saturated heterocycles. The topological polar surface area (TPSA) is 29.3 Å². The van der Waals surface area contributed by atoms with Crippen molar-refractivity contribution in [1.82, 2.24) is 9.88 Å². The fourth-order valence-electron chi connectivity index (χ4n) is 1.76. The Kier molecular flexibility index (Phi) is 3.79. The first-order valence-electron chi connectivity index (χ1n) is 5.76. The van der Waals surface area contributed by atoms with E-state index in [4.69, 9.17) is 10.8 Å². The lowest BCUT2D eigenvalue weighted by Crippen LogP contribution is -2.20. The quantitative estimate of drug-likeness (QED) is 0.735. The molecule has 0 aliphatic rings. The zero-order valence-electron chi connectivity index (χ0n) is 10.0. The van der Waals surface area contributed by atoms with Crippen LogP contribution in [0.2, 0.25) is 0 Å². The van der Waals surface area contributed by atoms with Crippen LogP contribution in [0.3, 0.4) is 0 Å². The Morgan fingerprint density at radius 1 is 1.41 bits per heavy atom. The Bertz CT molecular complexity index is 491. The number of aromatic nitrogens is 1. The number of hydrogen-bond donors (Lipinski definition) is 0. The van der Waals surface area contributed by atoms with Crippen LogP contribution in [0, 0.1) is 12.3 Å². The summed E-state index contributed by atoms with van der Waals surface area (Å²) in [6.07, 6.45) is 7.10. The second-order valence-electron chi connectivity index (χ2n) is 4.12. The maximum absolute atomic E-state index is 5.64. The molecule has 0 fully saturated rings. The molecule has 0 saturated carbocycles. The predicted molar refractivity (Wildman–Crippen MR) is 68.7 cm³/mol. The molecule has 1 aromatic heterocycles. The summed E-state index contributed by atoms with van der Waals surface area (Å²) in [5.74, 6) is 3.43. The summed E-state index contributed by atoms with van der Waals surface area (Å²) in [5.41, 5.74) is 1.79. The van der Waals surface area contributed by atoms with Crippen LogP contribution in [0.25, 0.3) is 11.1 Å². The highest BCUT2D eigenvalue weighted by molar-refractivity contribution is 5.72. The minimum Gasteiger partial charge on any atom is -0.441 e. The molecular weight excluding hydrogens is 212 g/mol. The molecule has 17 heavy (non-hydrogen) atoms. The van der Waals surface area contributed by atoms with E-state index < -0.39 is 0 Å². The third-order valence-electron chi connectivity index (χ3n) is 2.63. The lowest BCUT2D eigenvalue weighted by atomic mass is 10.3. The number of terminal acetylenes is 1. The van der Waals surface area contributed by atoms with Crippen LogP contribution in [-0.2, 0) is 6.42 Å². The summed E-state index contributed by atoms with van der Waals surface area (Å²) in [7, 11) is 2.02. The Morgan fingerprint density at radius 3 is 3.00 bits per heavy atom. The van der Waals surface area contributed by atoms with E-state index in [2.05, 4.69) is 15.8 Å². The van der Waals surface area contributed by atoms with Gasteiger partial charge in [0, 0.05) is 6.42 Å². The van der Waals surface area contributed by atoms with Crippen molar-refractivity contribution in [2.24, 2.45) is 0 Å². The molecule has 0 amide bonds. The molecule has 0 aliphatic carbocycles. The molecule has 3 heteroatoms. The summed E-state index contributed by atoms with van der Waals surface area (Å²) in [4.78, 5) is 6.54. The van der Waals surface area contributed by atoms with Crippen molar-refractivity contribution in [3.8, 4) is 12.3 Å². The minimum atomic E-state index is 0.688. The molecule has 88 valence electrons. The van der Waals surface area contributed by atoms with Gasteiger partial charge in [0.05, 0.1) is 6.54 Å². The molecule has 0 atom stereocenters. The average molecular weight is 228 g/mol. The molecule has 0 spiro atoms. The number of fused-ring (bicyclic) bond motifs is 1. The standard InChI is InChI=1S/C14H16N2O/c1-3-10-16(2)11-6-9-14-15-12-7-4-5-8-13(12)17-14/h1,4-5,7-8H,6,9-11H2,2H3. The average Bonchev–Trinajstić information content (AvgIpc) is 2.71. The number of aryl methyl sites for hydroxylation is 1. The number of benzene rings is 1. The van der Waals surface area contributed by atoms with Crippen LogP contribution < -0.4 is 0 Å².